The van der Waals surface area contributed by atoms with Gasteiger partial charge in [-0.25, -0.2) is 0 Å². The molecular weight excluding hydrogens is 364 g/mol. The highest BCUT2D eigenvalue weighted by atomic mass is 16.2. The number of nitrogens with zero attached hydrogens (tertiary/aromatic N) is 2. The molecule has 0 atom stereocenters. The van der Waals surface area contributed by atoms with Crippen molar-refractivity contribution >= 4 is 17.9 Å². The molecule has 0 bridgehead atoms. The van der Waals surface area contributed by atoms with Crippen LogP contribution < -0.4 is 10.7 Å². The molecule has 1 heterocycles. The lowest BCUT2D eigenvalue weighted by molar-refractivity contribution is -0.117. The van der Waals surface area contributed by atoms with E-state index in [0.717, 1.165) is 42.6 Å². The Morgan fingerprint density at radius 3 is 2.48 bits per heavy atom. The quantitative estimate of drug-likeness (QED) is 0.601. The van der Waals surface area contributed by atoms with Crippen molar-refractivity contribution < 1.29 is 9.59 Å². The van der Waals surface area contributed by atoms with Crippen LogP contribution in [0.15, 0.2) is 42.0 Å². The first-order chi connectivity index (χ1) is 14.0. The summed E-state index contributed by atoms with van der Waals surface area (Å²) in [5, 5.41) is 12.5. The van der Waals surface area contributed by atoms with Crippen molar-refractivity contribution in [2.24, 2.45) is 0 Å². The summed E-state index contributed by atoms with van der Waals surface area (Å²) < 4.78 is 1.68. The van der Waals surface area contributed by atoms with Gasteiger partial charge in [-0.15, -0.1) is 0 Å². The first-order valence-corrected chi connectivity index (χ1v) is 9.97. The molecule has 0 unspecified atom stereocenters. The molecule has 1 aliphatic rings. The molecule has 1 fully saturated rings. The lowest BCUT2D eigenvalue weighted by Crippen LogP contribution is -2.36. The van der Waals surface area contributed by atoms with E-state index in [2.05, 4.69) is 10.7 Å². The van der Waals surface area contributed by atoms with E-state index >= 15 is 0 Å². The molecule has 0 spiro atoms. The van der Waals surface area contributed by atoms with Gasteiger partial charge in [0.05, 0.1) is 0 Å². The van der Waals surface area contributed by atoms with Gasteiger partial charge in [0, 0.05) is 23.0 Å². The highest BCUT2D eigenvalue weighted by Gasteiger charge is 2.19. The van der Waals surface area contributed by atoms with Crippen molar-refractivity contribution in [3.63, 3.8) is 0 Å². The van der Waals surface area contributed by atoms with E-state index in [9.17, 15) is 14.9 Å². The highest BCUT2D eigenvalue weighted by Crippen LogP contribution is 2.20. The molecule has 150 valence electrons. The second-order valence-corrected chi connectivity index (χ2v) is 7.45. The van der Waals surface area contributed by atoms with Gasteiger partial charge in [0.1, 0.15) is 11.6 Å². The van der Waals surface area contributed by atoms with Crippen molar-refractivity contribution in [3.8, 4) is 6.07 Å². The Balaban J connectivity index is 1.77. The normalized spacial score (nSPS) is 14.9. The second-order valence-electron chi connectivity index (χ2n) is 7.45. The fourth-order valence-electron chi connectivity index (χ4n) is 3.68. The smallest absolute Gasteiger partial charge is 0.270 e. The average molecular weight is 390 g/mol. The van der Waals surface area contributed by atoms with Gasteiger partial charge in [-0.3, -0.25) is 19.7 Å². The number of carbonyl (C=O) groups excluding carboxylic acids is 2. The summed E-state index contributed by atoms with van der Waals surface area (Å²) in [6.07, 6.45) is 6.94. The Labute approximate surface area is 171 Å². The van der Waals surface area contributed by atoms with Crippen LogP contribution in [-0.2, 0) is 4.79 Å². The van der Waals surface area contributed by atoms with Gasteiger partial charge in [-0.05, 0) is 56.5 Å². The summed E-state index contributed by atoms with van der Waals surface area (Å²) in [5.74, 6) is -0.559. The maximum atomic E-state index is 12.5. The number of amides is 2. The molecule has 0 radical (unpaired) electrons. The standard InChI is InChI=1S/C23H26N4O2/c1-16-13-19(14-20(15-24)22(28)25-21-11-7-4-8-12-21)17(2)27(16)26-23(29)18-9-5-3-6-10-18/h3,5-6,9-10,13-14,21H,4,7-8,11-12H2,1-2H3,(H,25,28)(H,26,29)/b20-14-. The predicted molar refractivity (Wildman–Crippen MR) is 113 cm³/mol. The van der Waals surface area contributed by atoms with Gasteiger partial charge in [-0.1, -0.05) is 37.5 Å². The number of benzene rings is 1. The molecule has 29 heavy (non-hydrogen) atoms. The van der Waals surface area contributed by atoms with E-state index in [0.29, 0.717) is 5.56 Å². The maximum absolute atomic E-state index is 12.5. The van der Waals surface area contributed by atoms with Gasteiger partial charge >= 0.3 is 0 Å². The Hall–Kier alpha value is -3.33. The first-order valence-electron chi connectivity index (χ1n) is 9.97. The fourth-order valence-corrected chi connectivity index (χ4v) is 3.68. The van der Waals surface area contributed by atoms with Crippen LogP contribution in [0.1, 0.15) is 59.4 Å². The lowest BCUT2D eigenvalue weighted by Gasteiger charge is -2.22. The summed E-state index contributed by atoms with van der Waals surface area (Å²) in [5.41, 5.74) is 5.79. The molecule has 3 rings (SSSR count). The maximum Gasteiger partial charge on any atom is 0.270 e. The summed E-state index contributed by atoms with van der Waals surface area (Å²) in [4.78, 5) is 25.0. The average Bonchev–Trinajstić information content (AvgIpc) is 3.00. The van der Waals surface area contributed by atoms with Crippen molar-refractivity contribution in [2.45, 2.75) is 52.0 Å². The second kappa shape index (κ2) is 9.24. The van der Waals surface area contributed by atoms with E-state index < -0.39 is 0 Å². The molecule has 6 nitrogen and oxygen atoms in total. The monoisotopic (exact) mass is 390 g/mol. The van der Waals surface area contributed by atoms with Crippen molar-refractivity contribution in [1.29, 1.82) is 5.26 Å². The zero-order valence-electron chi connectivity index (χ0n) is 16.9. The van der Waals surface area contributed by atoms with Crippen molar-refractivity contribution in [3.05, 3.63) is 64.5 Å². The fraction of sp³-hybridized carbons (Fsp3) is 0.348. The van der Waals surface area contributed by atoms with Crippen LogP contribution in [0.25, 0.3) is 6.08 Å². The van der Waals surface area contributed by atoms with Gasteiger partial charge < -0.3 is 5.32 Å². The third-order valence-corrected chi connectivity index (χ3v) is 5.32. The molecule has 6 heteroatoms. The van der Waals surface area contributed by atoms with E-state index in [1.807, 2.05) is 44.2 Å². The van der Waals surface area contributed by atoms with Crippen LogP contribution in [0.4, 0.5) is 0 Å². The lowest BCUT2D eigenvalue weighted by atomic mass is 9.95. The number of rotatable bonds is 5. The van der Waals surface area contributed by atoms with Gasteiger partial charge in [0.15, 0.2) is 0 Å². The van der Waals surface area contributed by atoms with Crippen LogP contribution in [-0.4, -0.2) is 22.5 Å². The zero-order valence-corrected chi connectivity index (χ0v) is 16.9. The van der Waals surface area contributed by atoms with Gasteiger partial charge in [0.25, 0.3) is 11.8 Å². The van der Waals surface area contributed by atoms with E-state index in [1.165, 1.54) is 6.42 Å². The molecule has 1 aromatic carbocycles. The predicted octanol–water partition coefficient (Wildman–Crippen LogP) is 3.84. The number of hydrogen-bond acceptors (Lipinski definition) is 3. The molecule has 1 aromatic heterocycles. The molecule has 1 aliphatic carbocycles. The Morgan fingerprint density at radius 1 is 1.14 bits per heavy atom. The number of nitrogens with one attached hydrogen (secondary N) is 2. The van der Waals surface area contributed by atoms with Gasteiger partial charge in [-0.2, -0.15) is 5.26 Å². The largest absolute Gasteiger partial charge is 0.349 e. The Morgan fingerprint density at radius 2 is 1.83 bits per heavy atom. The molecular formula is C23H26N4O2. The summed E-state index contributed by atoms with van der Waals surface area (Å²) in [6.45, 7) is 3.71. The van der Waals surface area contributed by atoms with Crippen LogP contribution >= 0.6 is 0 Å². The van der Waals surface area contributed by atoms with Crippen LogP contribution in [0.3, 0.4) is 0 Å². The molecule has 2 amide bonds. The molecule has 0 aliphatic heterocycles. The molecule has 1 saturated carbocycles. The van der Waals surface area contributed by atoms with Crippen molar-refractivity contribution in [1.82, 2.24) is 9.99 Å². The number of nitriles is 1. The number of carbonyl (C=O) groups is 2. The Bertz CT molecular complexity index is 961. The molecule has 2 aromatic rings. The molecule has 0 saturated heterocycles. The summed E-state index contributed by atoms with van der Waals surface area (Å²) >= 11 is 0. The third-order valence-electron chi connectivity index (χ3n) is 5.32. The van der Waals surface area contributed by atoms with E-state index in [1.54, 1.807) is 22.9 Å². The number of hydrogen-bond donors (Lipinski definition) is 2. The zero-order chi connectivity index (χ0) is 20.8. The number of aromatic nitrogens is 1. The van der Waals surface area contributed by atoms with E-state index in [4.69, 9.17) is 0 Å². The van der Waals surface area contributed by atoms with Crippen LogP contribution in [0.5, 0.6) is 0 Å². The minimum Gasteiger partial charge on any atom is -0.349 e. The minimum atomic E-state index is -0.336. The van der Waals surface area contributed by atoms with Gasteiger partial charge in [0.2, 0.25) is 0 Å². The Kier molecular flexibility index (Phi) is 6.50. The van der Waals surface area contributed by atoms with Crippen molar-refractivity contribution in [2.75, 3.05) is 5.43 Å². The van der Waals surface area contributed by atoms with Crippen LogP contribution in [0.2, 0.25) is 0 Å². The number of aryl methyl sites for hydroxylation is 1. The highest BCUT2D eigenvalue weighted by molar-refractivity contribution is 6.02. The van der Waals surface area contributed by atoms with Crippen LogP contribution in [0, 0.1) is 25.2 Å². The topological polar surface area (TPSA) is 86.9 Å². The summed E-state index contributed by atoms with van der Waals surface area (Å²) in [7, 11) is 0. The minimum absolute atomic E-state index is 0.0743. The molecule has 2 N–H and O–H groups in total. The first kappa shape index (κ1) is 20.4. The van der Waals surface area contributed by atoms with E-state index in [-0.39, 0.29) is 23.4 Å². The third kappa shape index (κ3) is 4.94. The SMILES string of the molecule is Cc1cc(/C=C(/C#N)C(=O)NC2CCCCC2)c(C)n1NC(=O)c1ccccc1. The summed E-state index contributed by atoms with van der Waals surface area (Å²) in [6, 6.07) is 13.0.